The zero-order chi connectivity index (χ0) is 12.0. The van der Waals surface area contributed by atoms with E-state index in [0.29, 0.717) is 14.5 Å². The molecule has 0 N–H and O–H groups in total. The van der Waals surface area contributed by atoms with Crippen molar-refractivity contribution in [2.45, 2.75) is 26.2 Å². The Bertz CT molecular complexity index is 683. The molecule has 0 saturated heterocycles. The van der Waals surface area contributed by atoms with Crippen molar-refractivity contribution in [3.63, 3.8) is 0 Å². The molecule has 0 amide bonds. The summed E-state index contributed by atoms with van der Waals surface area (Å²) in [4.78, 5) is 0. The molecule has 0 radical (unpaired) electrons. The topological polar surface area (TPSA) is 0 Å². The van der Waals surface area contributed by atoms with E-state index in [-0.39, 0.29) is 5.41 Å². The summed E-state index contributed by atoms with van der Waals surface area (Å²) in [6.07, 6.45) is 0. The normalized spacial score (nSPS) is 12.4. The van der Waals surface area contributed by atoms with Crippen LogP contribution in [0.1, 0.15) is 26.3 Å². The average molecular weight is 287 g/mol. The maximum absolute atomic E-state index is 2.39. The maximum atomic E-state index is 2.39. The molecule has 0 unspecified atom stereocenters. The van der Waals surface area contributed by atoms with Crippen molar-refractivity contribution in [2.24, 2.45) is 0 Å². The van der Waals surface area contributed by atoms with E-state index in [2.05, 4.69) is 63.2 Å². The zero-order valence-electron chi connectivity index (χ0n) is 10.4. The Hall–Kier alpha value is -1.04. The Labute approximate surface area is 108 Å². The molecule has 0 saturated carbocycles. The van der Waals surface area contributed by atoms with Crippen LogP contribution in [0.15, 0.2) is 42.5 Å². The molecule has 0 atom stereocenters. The van der Waals surface area contributed by atoms with Gasteiger partial charge in [0.05, 0.1) is 0 Å². The molecule has 86 valence electrons. The summed E-state index contributed by atoms with van der Waals surface area (Å²) in [7, 11) is 0. The number of hydrogen-bond acceptors (Lipinski definition) is 0. The van der Waals surface area contributed by atoms with Crippen LogP contribution in [-0.2, 0) is 5.41 Å². The molecule has 3 rings (SSSR count). The van der Waals surface area contributed by atoms with Crippen LogP contribution in [0.2, 0.25) is 0 Å². The molecule has 0 bridgehead atoms. The molecular formula is C16H16Se. The summed E-state index contributed by atoms with van der Waals surface area (Å²) in [6.45, 7) is 6.84. The second kappa shape index (κ2) is 3.73. The summed E-state index contributed by atoms with van der Waals surface area (Å²) in [5, 5.41) is 2.92. The molecule has 0 aliphatic heterocycles. The third kappa shape index (κ3) is 1.84. The summed E-state index contributed by atoms with van der Waals surface area (Å²) in [6, 6.07) is 15.8. The van der Waals surface area contributed by atoms with Gasteiger partial charge in [0.2, 0.25) is 0 Å². The Kier molecular flexibility index (Phi) is 2.43. The van der Waals surface area contributed by atoms with Crippen LogP contribution in [0.25, 0.3) is 19.3 Å². The molecule has 1 heteroatoms. The fourth-order valence-corrected chi connectivity index (χ4v) is 4.47. The molecule has 0 fully saturated rings. The van der Waals surface area contributed by atoms with E-state index in [1.807, 2.05) is 0 Å². The molecule has 17 heavy (non-hydrogen) atoms. The molecule has 0 spiro atoms. The fraction of sp³-hybridized carbons (Fsp3) is 0.250. The Balaban J connectivity index is 2.38. The second-order valence-corrected chi connectivity index (χ2v) is 7.83. The molecule has 2 aromatic carbocycles. The van der Waals surface area contributed by atoms with E-state index in [4.69, 9.17) is 0 Å². The van der Waals surface area contributed by atoms with Crippen molar-refractivity contribution >= 4 is 33.8 Å². The van der Waals surface area contributed by atoms with E-state index in [1.54, 1.807) is 0 Å². The molecule has 0 aliphatic carbocycles. The van der Waals surface area contributed by atoms with Crippen LogP contribution < -0.4 is 0 Å². The van der Waals surface area contributed by atoms with Crippen LogP contribution in [0.5, 0.6) is 0 Å². The van der Waals surface area contributed by atoms with Crippen LogP contribution in [0.3, 0.4) is 0 Å². The first kappa shape index (κ1) is 11.1. The first-order valence-corrected chi connectivity index (χ1v) is 7.69. The number of fused-ring (bicyclic) bond motifs is 3. The zero-order valence-corrected chi connectivity index (χ0v) is 12.2. The van der Waals surface area contributed by atoms with Gasteiger partial charge in [0, 0.05) is 0 Å². The first-order valence-electron chi connectivity index (χ1n) is 5.97. The quantitative estimate of drug-likeness (QED) is 0.539. The van der Waals surface area contributed by atoms with Gasteiger partial charge in [-0.2, -0.15) is 0 Å². The van der Waals surface area contributed by atoms with Crippen molar-refractivity contribution in [1.29, 1.82) is 0 Å². The molecule has 3 aromatic rings. The number of benzene rings is 2. The van der Waals surface area contributed by atoms with Gasteiger partial charge in [-0.15, -0.1) is 0 Å². The van der Waals surface area contributed by atoms with Gasteiger partial charge >= 0.3 is 108 Å². The fourth-order valence-electron chi connectivity index (χ4n) is 2.19. The van der Waals surface area contributed by atoms with Gasteiger partial charge in [0.15, 0.2) is 0 Å². The molecule has 0 nitrogen and oxygen atoms in total. The van der Waals surface area contributed by atoms with Crippen LogP contribution >= 0.6 is 0 Å². The van der Waals surface area contributed by atoms with E-state index in [1.165, 1.54) is 24.9 Å². The summed E-state index contributed by atoms with van der Waals surface area (Å²) in [5.74, 6) is 0. The number of rotatable bonds is 0. The predicted molar refractivity (Wildman–Crippen MR) is 77.1 cm³/mol. The Morgan fingerprint density at radius 3 is 2.29 bits per heavy atom. The van der Waals surface area contributed by atoms with Gasteiger partial charge in [-0.25, -0.2) is 0 Å². The second-order valence-electron chi connectivity index (χ2n) is 5.56. The van der Waals surface area contributed by atoms with Crippen LogP contribution in [0, 0.1) is 0 Å². The minimum absolute atomic E-state index is 0.236. The monoisotopic (exact) mass is 288 g/mol. The van der Waals surface area contributed by atoms with Gasteiger partial charge in [0.25, 0.3) is 0 Å². The third-order valence-corrected chi connectivity index (χ3v) is 5.66. The number of hydrogen-bond donors (Lipinski definition) is 0. The van der Waals surface area contributed by atoms with E-state index < -0.39 is 0 Å². The van der Waals surface area contributed by atoms with Crippen molar-refractivity contribution in [2.75, 3.05) is 0 Å². The van der Waals surface area contributed by atoms with Gasteiger partial charge in [-0.1, -0.05) is 0 Å². The molecular weight excluding hydrogens is 271 g/mol. The van der Waals surface area contributed by atoms with Crippen LogP contribution in [-0.4, -0.2) is 14.5 Å². The predicted octanol–water partition coefficient (Wildman–Crippen LogP) is 4.35. The molecule has 1 heterocycles. The summed E-state index contributed by atoms with van der Waals surface area (Å²) >= 11 is 0.502. The van der Waals surface area contributed by atoms with Crippen LogP contribution in [0.4, 0.5) is 0 Å². The minimum atomic E-state index is 0.236. The standard InChI is InChI=1S/C16H16Se/c1-16(2,3)11-8-9-15-13(10-11)12-6-4-5-7-14(12)17-15/h4-10H,1-3H3. The third-order valence-electron chi connectivity index (χ3n) is 3.24. The first-order chi connectivity index (χ1) is 8.05. The molecule has 0 aliphatic rings. The van der Waals surface area contributed by atoms with Gasteiger partial charge < -0.3 is 0 Å². The van der Waals surface area contributed by atoms with Crippen molar-refractivity contribution in [1.82, 2.24) is 0 Å². The van der Waals surface area contributed by atoms with E-state index in [0.717, 1.165) is 0 Å². The van der Waals surface area contributed by atoms with Crippen molar-refractivity contribution in [3.8, 4) is 0 Å². The Morgan fingerprint density at radius 2 is 1.53 bits per heavy atom. The molecule has 1 aromatic heterocycles. The van der Waals surface area contributed by atoms with Crippen molar-refractivity contribution < 1.29 is 0 Å². The summed E-state index contributed by atoms with van der Waals surface area (Å²) < 4.78 is 3.06. The van der Waals surface area contributed by atoms with Gasteiger partial charge in [-0.3, -0.25) is 0 Å². The SMILES string of the molecule is CC(C)(C)c1ccc2[se]c3ccccc3c2c1. The van der Waals surface area contributed by atoms with E-state index >= 15 is 0 Å². The van der Waals surface area contributed by atoms with Crippen molar-refractivity contribution in [3.05, 3.63) is 48.0 Å². The Morgan fingerprint density at radius 1 is 0.824 bits per heavy atom. The van der Waals surface area contributed by atoms with E-state index in [9.17, 15) is 0 Å². The summed E-state index contributed by atoms with van der Waals surface area (Å²) in [5.41, 5.74) is 1.67. The van der Waals surface area contributed by atoms with Gasteiger partial charge in [0.1, 0.15) is 0 Å². The van der Waals surface area contributed by atoms with Gasteiger partial charge in [-0.05, 0) is 0 Å². The average Bonchev–Trinajstić information content (AvgIpc) is 2.65.